The summed E-state index contributed by atoms with van der Waals surface area (Å²) in [4.78, 5) is 30.8. The van der Waals surface area contributed by atoms with Crippen LogP contribution in [0.2, 0.25) is 5.02 Å². The van der Waals surface area contributed by atoms with E-state index in [4.69, 9.17) is 11.6 Å². The lowest BCUT2D eigenvalue weighted by Crippen LogP contribution is -2.53. The summed E-state index contributed by atoms with van der Waals surface area (Å²) in [5.41, 5.74) is 3.02. The van der Waals surface area contributed by atoms with Gasteiger partial charge in [-0.3, -0.25) is 9.59 Å². The van der Waals surface area contributed by atoms with Crippen molar-refractivity contribution in [2.75, 3.05) is 19.0 Å². The maximum absolute atomic E-state index is 12.9. The first-order chi connectivity index (χ1) is 14.9. The van der Waals surface area contributed by atoms with Crippen LogP contribution < -0.4 is 15.5 Å². The van der Waals surface area contributed by atoms with Gasteiger partial charge in [0.25, 0.3) is 11.8 Å². The molecular formula is C24H28Cl2N4O2. The number of fused-ring (bicyclic) bond motifs is 1. The van der Waals surface area contributed by atoms with Crippen LogP contribution in [0, 0.1) is 0 Å². The fourth-order valence-electron chi connectivity index (χ4n) is 4.11. The van der Waals surface area contributed by atoms with Gasteiger partial charge in [-0.2, -0.15) is 0 Å². The van der Waals surface area contributed by atoms with Crippen molar-refractivity contribution < 1.29 is 9.59 Å². The zero-order chi connectivity index (χ0) is 22.0. The maximum atomic E-state index is 12.9. The van der Waals surface area contributed by atoms with Crippen molar-refractivity contribution >= 4 is 52.4 Å². The van der Waals surface area contributed by atoms with Crippen LogP contribution >= 0.6 is 24.0 Å². The lowest BCUT2D eigenvalue weighted by Gasteiger charge is -2.32. The first kappa shape index (κ1) is 24.0. The molecule has 2 amide bonds. The fourth-order valence-corrected chi connectivity index (χ4v) is 4.29. The van der Waals surface area contributed by atoms with Gasteiger partial charge in [0.15, 0.2) is 0 Å². The van der Waals surface area contributed by atoms with Crippen molar-refractivity contribution in [3.05, 3.63) is 64.8 Å². The number of amides is 2. The Morgan fingerprint density at radius 2 is 1.56 bits per heavy atom. The molecule has 1 fully saturated rings. The molecule has 1 heterocycles. The third-order valence-electron chi connectivity index (χ3n) is 5.87. The standard InChI is InChI=1S/C24H27ClN4O2.ClH/c1-29(2)18-10-7-15(8-11-18)23(30)27-20-5-3-4-6-21(20)28-24(31)22-14-16-13-17(25)9-12-19(16)26-22;/h7-14,20-21,26H,3-6H2,1-2H3,(H,27,30)(H,28,31);1H/t20-,21+;/m1./s1. The molecular weight excluding hydrogens is 447 g/mol. The van der Waals surface area contributed by atoms with E-state index in [-0.39, 0.29) is 36.3 Å². The van der Waals surface area contributed by atoms with E-state index < -0.39 is 0 Å². The van der Waals surface area contributed by atoms with Gasteiger partial charge in [0, 0.05) is 53.4 Å². The number of rotatable bonds is 5. The molecule has 0 saturated heterocycles. The molecule has 1 aliphatic carbocycles. The van der Waals surface area contributed by atoms with Crippen LogP contribution in [0.1, 0.15) is 46.5 Å². The van der Waals surface area contributed by atoms with E-state index in [0.717, 1.165) is 42.3 Å². The van der Waals surface area contributed by atoms with Gasteiger partial charge in [-0.15, -0.1) is 12.4 Å². The molecule has 2 atom stereocenters. The summed E-state index contributed by atoms with van der Waals surface area (Å²) in [6.45, 7) is 0. The predicted molar refractivity (Wildman–Crippen MR) is 132 cm³/mol. The summed E-state index contributed by atoms with van der Waals surface area (Å²) in [5.74, 6) is -0.287. The van der Waals surface area contributed by atoms with Gasteiger partial charge < -0.3 is 20.5 Å². The summed E-state index contributed by atoms with van der Waals surface area (Å²) in [6, 6.07) is 14.6. The summed E-state index contributed by atoms with van der Waals surface area (Å²) in [5, 5.41) is 7.77. The Kier molecular flexibility index (Phi) is 7.69. The Hall–Kier alpha value is -2.70. The van der Waals surface area contributed by atoms with E-state index in [9.17, 15) is 9.59 Å². The van der Waals surface area contributed by atoms with Crippen LogP contribution in [0.4, 0.5) is 5.69 Å². The van der Waals surface area contributed by atoms with E-state index in [1.54, 1.807) is 12.1 Å². The van der Waals surface area contributed by atoms with Gasteiger partial charge in [-0.25, -0.2) is 0 Å². The quantitative estimate of drug-likeness (QED) is 0.497. The van der Waals surface area contributed by atoms with Gasteiger partial charge in [-0.1, -0.05) is 24.4 Å². The van der Waals surface area contributed by atoms with E-state index in [2.05, 4.69) is 15.6 Å². The highest BCUT2D eigenvalue weighted by atomic mass is 35.5. The zero-order valence-electron chi connectivity index (χ0n) is 18.2. The van der Waals surface area contributed by atoms with Crippen molar-refractivity contribution in [2.45, 2.75) is 37.8 Å². The number of carbonyl (C=O) groups excluding carboxylic acids is 2. The average Bonchev–Trinajstić information content (AvgIpc) is 3.18. The van der Waals surface area contributed by atoms with E-state index in [0.29, 0.717) is 16.3 Å². The lowest BCUT2D eigenvalue weighted by molar-refractivity contribution is 0.0860. The summed E-state index contributed by atoms with van der Waals surface area (Å²) in [6.07, 6.45) is 3.73. The number of aromatic amines is 1. The Balaban J connectivity index is 0.00000289. The molecule has 1 saturated carbocycles. The van der Waals surface area contributed by atoms with Crippen LogP contribution in [0.3, 0.4) is 0 Å². The predicted octanol–water partition coefficient (Wildman–Crippen LogP) is 4.78. The molecule has 0 spiro atoms. The number of benzene rings is 2. The number of carbonyl (C=O) groups is 2. The number of anilines is 1. The van der Waals surface area contributed by atoms with Crippen LogP contribution in [-0.4, -0.2) is 43.0 Å². The number of H-pyrrole nitrogens is 1. The summed E-state index contributed by atoms with van der Waals surface area (Å²) < 4.78 is 0. The molecule has 3 N–H and O–H groups in total. The first-order valence-corrected chi connectivity index (χ1v) is 11.0. The molecule has 0 bridgehead atoms. The van der Waals surface area contributed by atoms with Crippen LogP contribution in [0.5, 0.6) is 0 Å². The second-order valence-corrected chi connectivity index (χ2v) is 8.74. The molecule has 4 rings (SSSR count). The second kappa shape index (κ2) is 10.3. The molecule has 1 aliphatic rings. The minimum Gasteiger partial charge on any atom is -0.378 e. The Morgan fingerprint density at radius 3 is 2.19 bits per heavy atom. The normalized spacial score (nSPS) is 18.0. The van der Waals surface area contributed by atoms with Gasteiger partial charge in [0.2, 0.25) is 0 Å². The molecule has 3 aromatic rings. The van der Waals surface area contributed by atoms with E-state index in [1.165, 1.54) is 0 Å². The molecule has 8 heteroatoms. The lowest BCUT2D eigenvalue weighted by atomic mass is 9.90. The summed E-state index contributed by atoms with van der Waals surface area (Å²) >= 11 is 6.05. The number of nitrogens with one attached hydrogen (secondary N) is 3. The van der Waals surface area contributed by atoms with Crippen molar-refractivity contribution in [3.8, 4) is 0 Å². The number of aromatic nitrogens is 1. The van der Waals surface area contributed by atoms with Gasteiger partial charge in [0.05, 0.1) is 0 Å². The first-order valence-electron chi connectivity index (χ1n) is 10.6. The average molecular weight is 475 g/mol. The molecule has 170 valence electrons. The molecule has 0 unspecified atom stereocenters. The van der Waals surface area contributed by atoms with Gasteiger partial charge in [-0.05, 0) is 61.4 Å². The molecule has 0 radical (unpaired) electrons. The maximum Gasteiger partial charge on any atom is 0.268 e. The minimum atomic E-state index is -0.172. The third-order valence-corrected chi connectivity index (χ3v) is 6.11. The highest BCUT2D eigenvalue weighted by Gasteiger charge is 2.28. The van der Waals surface area contributed by atoms with Gasteiger partial charge in [0.1, 0.15) is 5.69 Å². The highest BCUT2D eigenvalue weighted by Crippen LogP contribution is 2.22. The van der Waals surface area contributed by atoms with Crippen LogP contribution in [-0.2, 0) is 0 Å². The third kappa shape index (κ3) is 5.37. The Labute approximate surface area is 199 Å². The van der Waals surface area contributed by atoms with Crippen molar-refractivity contribution in [1.29, 1.82) is 0 Å². The monoisotopic (exact) mass is 474 g/mol. The topological polar surface area (TPSA) is 77.2 Å². The largest absolute Gasteiger partial charge is 0.378 e. The number of hydrogen-bond donors (Lipinski definition) is 3. The number of hydrogen-bond acceptors (Lipinski definition) is 3. The molecule has 32 heavy (non-hydrogen) atoms. The molecule has 0 aliphatic heterocycles. The molecule has 1 aromatic heterocycles. The van der Waals surface area contributed by atoms with Crippen molar-refractivity contribution in [3.63, 3.8) is 0 Å². The zero-order valence-corrected chi connectivity index (χ0v) is 19.7. The SMILES string of the molecule is CN(C)c1ccc(C(=O)N[C@@H]2CCCC[C@@H]2NC(=O)c2cc3cc(Cl)ccc3[nH]2)cc1.Cl. The molecule has 2 aromatic carbocycles. The Bertz CT molecular complexity index is 1100. The minimum absolute atomic E-state index is 0. The number of nitrogens with zero attached hydrogens (tertiary/aromatic N) is 1. The van der Waals surface area contributed by atoms with E-state index >= 15 is 0 Å². The second-order valence-electron chi connectivity index (χ2n) is 8.30. The van der Waals surface area contributed by atoms with Crippen LogP contribution in [0.15, 0.2) is 48.5 Å². The van der Waals surface area contributed by atoms with Crippen molar-refractivity contribution in [1.82, 2.24) is 15.6 Å². The Morgan fingerprint density at radius 1 is 0.938 bits per heavy atom. The fraction of sp³-hybridized carbons (Fsp3) is 0.333. The number of halogens is 2. The summed E-state index contributed by atoms with van der Waals surface area (Å²) in [7, 11) is 3.93. The highest BCUT2D eigenvalue weighted by molar-refractivity contribution is 6.31. The van der Waals surface area contributed by atoms with E-state index in [1.807, 2.05) is 55.4 Å². The molecule has 6 nitrogen and oxygen atoms in total. The van der Waals surface area contributed by atoms with Crippen molar-refractivity contribution in [2.24, 2.45) is 0 Å². The van der Waals surface area contributed by atoms with Crippen LogP contribution in [0.25, 0.3) is 10.9 Å². The smallest absolute Gasteiger partial charge is 0.268 e. The van der Waals surface area contributed by atoms with Gasteiger partial charge >= 0.3 is 0 Å².